The summed E-state index contributed by atoms with van der Waals surface area (Å²) in [6.45, 7) is 137. The fraction of sp³-hybridized carbons (Fsp3) is 0.984. The minimum Gasteiger partial charge on any atom is -0.380 e. The Bertz CT molecular complexity index is 3240. The first kappa shape index (κ1) is 141. The van der Waals surface area contributed by atoms with Crippen LogP contribution in [0.15, 0.2) is 0 Å². The molecule has 0 spiro atoms. The Morgan fingerprint density at radius 1 is 0.289 bits per heavy atom. The van der Waals surface area contributed by atoms with Gasteiger partial charge < -0.3 is 78.2 Å². The lowest BCUT2D eigenvalue weighted by atomic mass is 9.75. The van der Waals surface area contributed by atoms with Gasteiger partial charge in [0.05, 0.1) is 109 Å². The van der Waals surface area contributed by atoms with Gasteiger partial charge in [0.1, 0.15) is 0 Å². The molecule has 7 aliphatic heterocycles. The minimum absolute atomic E-state index is 0.0105. The number of amides is 2. The highest BCUT2D eigenvalue weighted by atomic mass is 16.5. The van der Waals surface area contributed by atoms with E-state index >= 15 is 0 Å². The Hall–Kier alpha value is -1.86. The van der Waals surface area contributed by atoms with E-state index in [1.54, 1.807) is 0 Å². The Morgan fingerprint density at radius 3 is 0.933 bits per heavy atom. The lowest BCUT2D eigenvalue weighted by molar-refractivity contribution is -0.123. The molecule has 0 radical (unpaired) electrons. The number of piperidine rings is 4. The summed E-state index contributed by atoms with van der Waals surface area (Å²) >= 11 is 0. The molecule has 1 unspecified atom stereocenters. The summed E-state index contributed by atoms with van der Waals surface area (Å²) in [6.07, 6.45) is 21.3. The Labute approximate surface area is 924 Å². The average Bonchev–Trinajstić information content (AvgIpc) is 0.832. The van der Waals surface area contributed by atoms with Gasteiger partial charge in [0, 0.05) is 170 Å². The minimum atomic E-state index is -0.0625. The van der Waals surface area contributed by atoms with Crippen LogP contribution in [0.4, 0.5) is 0 Å². The van der Waals surface area contributed by atoms with Crippen LogP contribution in [-0.4, -0.2) is 393 Å². The summed E-state index contributed by atoms with van der Waals surface area (Å²) < 4.78 is 53.0. The van der Waals surface area contributed by atoms with Crippen molar-refractivity contribution in [2.75, 3.05) is 269 Å². The van der Waals surface area contributed by atoms with Gasteiger partial charge in [0.25, 0.3) is 0 Å². The number of nitrogens with one attached hydrogen (secondary N) is 3. The molecule has 24 nitrogen and oxygen atoms in total. The highest BCUT2D eigenvalue weighted by Gasteiger charge is 2.39. The van der Waals surface area contributed by atoms with Crippen LogP contribution in [0, 0.1) is 68.0 Å². The summed E-state index contributed by atoms with van der Waals surface area (Å²) in [7, 11) is 0. The van der Waals surface area contributed by atoms with E-state index in [2.05, 4.69) is 363 Å². The molecular weight excluding hydrogens is 1860 g/mol. The number of hydrogen-bond acceptors (Lipinski definition) is 22. The molecule has 3 N–H and O–H groups in total. The second kappa shape index (κ2) is 67.1. The smallest absolute Gasteiger partial charge is 0.234 e. The highest BCUT2D eigenvalue weighted by Crippen LogP contribution is 2.39. The second-order valence-corrected chi connectivity index (χ2v) is 61.5. The van der Waals surface area contributed by atoms with Crippen molar-refractivity contribution in [3.05, 3.63) is 0 Å². The number of carbonyl (C=O) groups excluding carboxylic acids is 2. The zero-order chi connectivity index (χ0) is 113. The summed E-state index contributed by atoms with van der Waals surface area (Å²) in [5, 5.41) is 9.64. The molecule has 2 aliphatic carbocycles. The van der Waals surface area contributed by atoms with E-state index in [9.17, 15) is 9.59 Å². The molecule has 1 atom stereocenters. The molecule has 9 fully saturated rings. The zero-order valence-electron chi connectivity index (χ0n) is 107. The molecule has 2 saturated carbocycles. The third-order valence-corrected chi connectivity index (χ3v) is 28.8. The molecule has 24 heteroatoms. The maximum Gasteiger partial charge on any atom is 0.234 e. The first-order valence-corrected chi connectivity index (χ1v) is 60.5. The molecule has 886 valence electrons. The van der Waals surface area contributed by atoms with Gasteiger partial charge >= 0.3 is 0 Å². The van der Waals surface area contributed by atoms with Gasteiger partial charge in [-0.25, -0.2) is 0 Å². The molecule has 0 aromatic heterocycles. The number of rotatable bonds is 40. The number of hydrogen-bond donors (Lipinski definition) is 3. The Balaban J connectivity index is 0.000000447. The summed E-state index contributed by atoms with van der Waals surface area (Å²) in [5.41, 5.74) is 1.82. The van der Waals surface area contributed by atoms with Crippen molar-refractivity contribution in [2.45, 2.75) is 464 Å². The van der Waals surface area contributed by atoms with E-state index in [0.717, 1.165) is 213 Å². The van der Waals surface area contributed by atoms with Crippen molar-refractivity contribution < 1.29 is 52.2 Å². The van der Waals surface area contributed by atoms with Crippen LogP contribution >= 0.6 is 0 Å². The van der Waals surface area contributed by atoms with Crippen LogP contribution < -0.4 is 16.0 Å². The van der Waals surface area contributed by atoms with Crippen LogP contribution in [0.25, 0.3) is 0 Å². The summed E-state index contributed by atoms with van der Waals surface area (Å²) in [5.74, 6) is 5.26. The maximum atomic E-state index is 12.0. The molecule has 0 aromatic carbocycles. The van der Waals surface area contributed by atoms with E-state index in [4.69, 9.17) is 42.6 Å². The predicted octanol–water partition coefficient (Wildman–Crippen LogP) is 22.7. The Kier molecular flexibility index (Phi) is 63.7. The fourth-order valence-electron chi connectivity index (χ4n) is 20.2. The molecule has 149 heavy (non-hydrogen) atoms. The topological polar surface area (TPSA) is 186 Å². The van der Waals surface area contributed by atoms with Crippen LogP contribution in [0.1, 0.15) is 400 Å². The van der Waals surface area contributed by atoms with Crippen molar-refractivity contribution in [2.24, 2.45) is 68.0 Å². The maximum absolute atomic E-state index is 12.0. The molecule has 0 bridgehead atoms. The fourth-order valence-corrected chi connectivity index (χ4v) is 20.2. The van der Waals surface area contributed by atoms with E-state index < -0.39 is 0 Å². The average molecular weight is 2120 g/mol. The van der Waals surface area contributed by atoms with Crippen molar-refractivity contribution in [1.29, 1.82) is 0 Å². The second-order valence-electron chi connectivity index (χ2n) is 61.5. The molecule has 9 rings (SSSR count). The normalized spacial score (nSPS) is 22.1. The van der Waals surface area contributed by atoms with E-state index in [1.807, 2.05) is 0 Å². The lowest BCUT2D eigenvalue weighted by Gasteiger charge is -2.43. The number of carbonyl (C=O) groups is 2. The van der Waals surface area contributed by atoms with Crippen LogP contribution in [0.3, 0.4) is 0 Å². The lowest BCUT2D eigenvalue weighted by Crippen LogP contribution is -2.50. The van der Waals surface area contributed by atoms with E-state index in [1.165, 1.54) is 175 Å². The van der Waals surface area contributed by atoms with E-state index in [0.29, 0.717) is 53.4 Å². The van der Waals surface area contributed by atoms with Gasteiger partial charge in [-0.3, -0.25) is 39.0 Å². The van der Waals surface area contributed by atoms with Gasteiger partial charge in [-0.05, 0) is 396 Å². The standard InChI is InChI=1S/C21H41NO2.C20H39NO2.C18H36N2O2.C17H35N3O2.C17H37N3O.C17H36N2O2.C15H31N/c1-16(23-20(2,3)4)12-17-8-10-22(11-9-17)15-18-13-19(14-18)24-21(5,6)7;1-19(2,3)22-12-9-16-7-10-21(11-8-16)15-17-13-18(14-17)23-20(4,5)6;1-17(2,3)14-19-16(21)13-15-7-9-20(10-8-15)11-12-22-18(4,5)6;1-16(2,3)14-18-15(21)13-20-9-7-19(8-10-20)11-12-22-17(4,5)6;1-16(2,3)15-18-7-8-19-9-11-20(12-10-19)13-14-21-17(4,5)6;1-16(2,3)15-20-13-11-18-7-9-19(10-8-18)12-14-21-17(4,5)6;1-14(2,3)9-12-16-10-7-13(8-11-16)15(4,5)6/h16-19H,8-15H2,1-7H3;16-18H,7-15H2,1-6H3;15H,7-14H2,1-6H3,(H,19,21);7-14H2,1-6H3,(H,18,21);18H,7-15H2,1-6H3;7-15H2,1-6H3;13H,7-12H2,1-6H3. The van der Waals surface area contributed by atoms with Gasteiger partial charge in [0.15, 0.2) is 0 Å². The van der Waals surface area contributed by atoms with Crippen molar-refractivity contribution in [3.8, 4) is 0 Å². The van der Waals surface area contributed by atoms with Crippen molar-refractivity contribution in [3.63, 3.8) is 0 Å². The predicted molar refractivity (Wildman–Crippen MR) is 634 cm³/mol. The number of likely N-dealkylation sites (tertiary alicyclic amines) is 4. The number of ether oxygens (including phenoxy) is 9. The number of nitrogens with zero attached hydrogens (tertiary/aromatic N) is 10. The first-order valence-electron chi connectivity index (χ1n) is 60.5. The summed E-state index contributed by atoms with van der Waals surface area (Å²) in [6, 6.07) is 0. The SMILES string of the molecule is CC(C)(C)CCN1CCC(C(C)(C)C)CC1.CC(C)(C)CNC(=O)CC1CCN(CCOC(C)(C)C)CC1.CC(C)(C)CNC(=O)CN1CCN(CCOC(C)(C)C)CC1.CC(C)(C)CNCCN1CCN(CCOC(C)(C)C)CC1.CC(C)(C)COCCN1CCN(CCOC(C)(C)C)CC1.CC(C)(C)OCCC1CCN(CC2CC(OC(C)(C)C)C2)CC1.CC(CC1CCN(CC2CC(OC(C)(C)C)C2)CC1)OC(C)(C)C. The van der Waals surface area contributed by atoms with Gasteiger partial charge in [-0.1, -0.05) is 125 Å². The molecular formula is C125H255N13O11. The van der Waals surface area contributed by atoms with Crippen molar-refractivity contribution in [1.82, 2.24) is 64.9 Å². The van der Waals surface area contributed by atoms with Crippen LogP contribution in [-0.2, 0) is 52.2 Å². The van der Waals surface area contributed by atoms with Gasteiger partial charge in [-0.15, -0.1) is 0 Å². The first-order chi connectivity index (χ1) is 68.2. The largest absolute Gasteiger partial charge is 0.380 e. The zero-order valence-corrected chi connectivity index (χ0v) is 107. The molecule has 7 saturated heterocycles. The summed E-state index contributed by atoms with van der Waals surface area (Å²) in [4.78, 5) is 49.1. The van der Waals surface area contributed by atoms with Gasteiger partial charge in [0.2, 0.25) is 11.8 Å². The molecule has 7 heterocycles. The van der Waals surface area contributed by atoms with Crippen molar-refractivity contribution >= 4 is 11.8 Å². The van der Waals surface area contributed by atoms with E-state index in [-0.39, 0.29) is 72.9 Å². The van der Waals surface area contributed by atoms with Crippen LogP contribution in [0.5, 0.6) is 0 Å². The monoisotopic (exact) mass is 2110 g/mol. The third-order valence-electron chi connectivity index (χ3n) is 28.8. The molecule has 0 aromatic rings. The van der Waals surface area contributed by atoms with Gasteiger partial charge in [-0.2, -0.15) is 0 Å². The third kappa shape index (κ3) is 80.6. The highest BCUT2D eigenvalue weighted by molar-refractivity contribution is 5.78. The number of piperazine rings is 3. The molecule has 2 amide bonds. The van der Waals surface area contributed by atoms with Crippen LogP contribution in [0.2, 0.25) is 0 Å². The molecule has 9 aliphatic rings. The Morgan fingerprint density at radius 2 is 0.597 bits per heavy atom. The quantitative estimate of drug-likeness (QED) is 0.0492.